The van der Waals surface area contributed by atoms with Crippen molar-refractivity contribution in [2.45, 2.75) is 13.0 Å². The minimum absolute atomic E-state index is 0.0745. The van der Waals surface area contributed by atoms with E-state index in [1.807, 2.05) is 0 Å². The van der Waals surface area contributed by atoms with Crippen LogP contribution in [0.1, 0.15) is 17.3 Å². The highest BCUT2D eigenvalue weighted by molar-refractivity contribution is 5.98. The van der Waals surface area contributed by atoms with Gasteiger partial charge in [0.05, 0.1) is 30.2 Å². The summed E-state index contributed by atoms with van der Waals surface area (Å²) in [5, 5.41) is 19.9. The lowest BCUT2D eigenvalue weighted by atomic mass is 10.1. The third kappa shape index (κ3) is 3.00. The highest BCUT2D eigenvalue weighted by Gasteiger charge is 2.26. The fourth-order valence-electron chi connectivity index (χ4n) is 1.56. The Hall–Kier alpha value is -2.15. The molecule has 1 amide bonds. The number of methoxy groups -OCH3 is 1. The van der Waals surface area contributed by atoms with Crippen LogP contribution in [0, 0.1) is 10.1 Å². The Morgan fingerprint density at radius 2 is 2.21 bits per heavy atom. The fourth-order valence-corrected chi connectivity index (χ4v) is 1.56. The first kappa shape index (κ1) is 14.9. The standard InChI is InChI=1S/C12H16N2O5/c1-8(7-15)13(2)12(16)9-5-4-6-10(14(17)18)11(9)19-3/h4-6,8,15H,7H2,1-3H3. The van der Waals surface area contributed by atoms with Gasteiger partial charge in [-0.1, -0.05) is 6.07 Å². The summed E-state index contributed by atoms with van der Waals surface area (Å²) in [4.78, 5) is 23.8. The molecule has 1 aromatic rings. The van der Waals surface area contributed by atoms with Crippen molar-refractivity contribution in [3.05, 3.63) is 33.9 Å². The van der Waals surface area contributed by atoms with Gasteiger partial charge in [0.1, 0.15) is 0 Å². The number of likely N-dealkylation sites (N-methyl/N-ethyl adjacent to an activating group) is 1. The SMILES string of the molecule is COc1c(C(=O)N(C)C(C)CO)cccc1[N+](=O)[O-]. The molecule has 1 atom stereocenters. The zero-order valence-electron chi connectivity index (χ0n) is 11.0. The van der Waals surface area contributed by atoms with E-state index in [0.717, 1.165) is 0 Å². The smallest absolute Gasteiger partial charge is 0.311 e. The minimum Gasteiger partial charge on any atom is -0.490 e. The van der Waals surface area contributed by atoms with Crippen molar-refractivity contribution < 1.29 is 19.6 Å². The lowest BCUT2D eigenvalue weighted by Crippen LogP contribution is -2.37. The molecule has 7 heteroatoms. The van der Waals surface area contributed by atoms with Crippen LogP contribution < -0.4 is 4.74 Å². The van der Waals surface area contributed by atoms with Gasteiger partial charge in [0.15, 0.2) is 0 Å². The van der Waals surface area contributed by atoms with Crippen LogP contribution >= 0.6 is 0 Å². The number of nitro benzene ring substituents is 1. The van der Waals surface area contributed by atoms with E-state index in [1.54, 1.807) is 6.92 Å². The van der Waals surface area contributed by atoms with E-state index < -0.39 is 16.9 Å². The van der Waals surface area contributed by atoms with Crippen molar-refractivity contribution in [2.75, 3.05) is 20.8 Å². The molecule has 0 fully saturated rings. The molecule has 0 aromatic heterocycles. The van der Waals surface area contributed by atoms with Gasteiger partial charge in [-0.25, -0.2) is 0 Å². The van der Waals surface area contributed by atoms with E-state index in [2.05, 4.69) is 0 Å². The number of nitrogens with zero attached hydrogens (tertiary/aromatic N) is 2. The maximum absolute atomic E-state index is 12.2. The second-order valence-electron chi connectivity index (χ2n) is 4.06. The first-order chi connectivity index (χ1) is 8.93. The van der Waals surface area contributed by atoms with Crippen LogP contribution in [0.25, 0.3) is 0 Å². The molecule has 0 spiro atoms. The van der Waals surface area contributed by atoms with Crippen LogP contribution in [0.15, 0.2) is 18.2 Å². The van der Waals surface area contributed by atoms with Crippen molar-refractivity contribution in [3.63, 3.8) is 0 Å². The van der Waals surface area contributed by atoms with Gasteiger partial charge in [0, 0.05) is 13.1 Å². The zero-order chi connectivity index (χ0) is 14.6. The van der Waals surface area contributed by atoms with Gasteiger partial charge >= 0.3 is 5.69 Å². The lowest BCUT2D eigenvalue weighted by molar-refractivity contribution is -0.385. The predicted octanol–water partition coefficient (Wildman–Crippen LogP) is 1.06. The summed E-state index contributed by atoms with van der Waals surface area (Å²) >= 11 is 0. The van der Waals surface area contributed by atoms with E-state index in [-0.39, 0.29) is 23.6 Å². The van der Waals surface area contributed by atoms with Crippen LogP contribution in [0.2, 0.25) is 0 Å². The summed E-state index contributed by atoms with van der Waals surface area (Å²) in [6.07, 6.45) is 0. The first-order valence-electron chi connectivity index (χ1n) is 5.63. The molecule has 1 unspecified atom stereocenters. The number of amides is 1. The second-order valence-corrected chi connectivity index (χ2v) is 4.06. The second kappa shape index (κ2) is 6.14. The number of aliphatic hydroxyl groups excluding tert-OH is 1. The van der Waals surface area contributed by atoms with Crippen LogP contribution in [-0.4, -0.2) is 47.6 Å². The Labute approximate surface area is 110 Å². The average Bonchev–Trinajstić information content (AvgIpc) is 2.43. The summed E-state index contributed by atoms with van der Waals surface area (Å²) in [7, 11) is 2.79. The average molecular weight is 268 g/mol. The summed E-state index contributed by atoms with van der Waals surface area (Å²) in [5.41, 5.74) is -0.169. The molecule has 0 aliphatic heterocycles. The topological polar surface area (TPSA) is 92.9 Å². The molecule has 19 heavy (non-hydrogen) atoms. The maximum Gasteiger partial charge on any atom is 0.311 e. The Morgan fingerprint density at radius 3 is 2.68 bits per heavy atom. The monoisotopic (exact) mass is 268 g/mol. The van der Waals surface area contributed by atoms with Gasteiger partial charge in [-0.2, -0.15) is 0 Å². The molecule has 0 saturated heterocycles. The number of carbonyl (C=O) groups is 1. The largest absolute Gasteiger partial charge is 0.490 e. The van der Waals surface area contributed by atoms with Gasteiger partial charge in [0.25, 0.3) is 5.91 Å². The number of hydrogen-bond acceptors (Lipinski definition) is 5. The molecular weight excluding hydrogens is 252 g/mol. The molecule has 104 valence electrons. The van der Waals surface area contributed by atoms with Crippen molar-refractivity contribution in [2.24, 2.45) is 0 Å². The number of para-hydroxylation sites is 1. The molecular formula is C12H16N2O5. The summed E-state index contributed by atoms with van der Waals surface area (Å²) in [5.74, 6) is -0.517. The van der Waals surface area contributed by atoms with Gasteiger partial charge < -0.3 is 14.7 Å². The molecule has 1 N–H and O–H groups in total. The fraction of sp³-hybridized carbons (Fsp3) is 0.417. The summed E-state index contributed by atoms with van der Waals surface area (Å²) in [6, 6.07) is 3.75. The quantitative estimate of drug-likeness (QED) is 0.636. The van der Waals surface area contributed by atoms with Crippen molar-refractivity contribution in [1.82, 2.24) is 4.90 Å². The van der Waals surface area contributed by atoms with Gasteiger partial charge in [-0.15, -0.1) is 0 Å². The van der Waals surface area contributed by atoms with Gasteiger partial charge in [0.2, 0.25) is 5.75 Å². The van der Waals surface area contributed by atoms with Gasteiger partial charge in [-0.3, -0.25) is 14.9 Å². The molecule has 0 aliphatic rings. The highest BCUT2D eigenvalue weighted by Crippen LogP contribution is 2.31. The number of nitro groups is 1. The van der Waals surface area contributed by atoms with E-state index >= 15 is 0 Å². The van der Waals surface area contributed by atoms with Crippen LogP contribution in [0.4, 0.5) is 5.69 Å². The molecule has 0 bridgehead atoms. The molecule has 7 nitrogen and oxygen atoms in total. The predicted molar refractivity (Wildman–Crippen MR) is 68.3 cm³/mol. The first-order valence-corrected chi connectivity index (χ1v) is 5.63. The molecule has 1 aromatic carbocycles. The summed E-state index contributed by atoms with van der Waals surface area (Å²) in [6.45, 7) is 1.47. The highest BCUT2D eigenvalue weighted by atomic mass is 16.6. The number of hydrogen-bond donors (Lipinski definition) is 1. The Bertz CT molecular complexity index is 489. The number of ether oxygens (including phenoxy) is 1. The van der Waals surface area contributed by atoms with Crippen molar-refractivity contribution in [3.8, 4) is 5.75 Å². The molecule has 0 heterocycles. The third-order valence-electron chi connectivity index (χ3n) is 2.87. The van der Waals surface area contributed by atoms with E-state index in [1.165, 1.54) is 37.3 Å². The number of aliphatic hydroxyl groups is 1. The molecule has 1 rings (SSSR count). The Kier molecular flexibility index (Phi) is 4.82. The third-order valence-corrected chi connectivity index (χ3v) is 2.87. The van der Waals surface area contributed by atoms with Gasteiger partial charge in [-0.05, 0) is 13.0 Å². The zero-order valence-corrected chi connectivity index (χ0v) is 11.0. The molecule has 0 aliphatic carbocycles. The Morgan fingerprint density at radius 1 is 1.58 bits per heavy atom. The molecule has 0 saturated carbocycles. The lowest BCUT2D eigenvalue weighted by Gasteiger charge is -2.23. The van der Waals surface area contributed by atoms with Crippen molar-refractivity contribution in [1.29, 1.82) is 0 Å². The maximum atomic E-state index is 12.2. The Balaban J connectivity index is 3.24. The van der Waals surface area contributed by atoms with E-state index in [0.29, 0.717) is 0 Å². The number of rotatable bonds is 5. The minimum atomic E-state index is -0.606. The van der Waals surface area contributed by atoms with Crippen LogP contribution in [0.3, 0.4) is 0 Å². The number of benzene rings is 1. The van der Waals surface area contributed by atoms with E-state index in [4.69, 9.17) is 9.84 Å². The van der Waals surface area contributed by atoms with Crippen molar-refractivity contribution >= 4 is 11.6 Å². The van der Waals surface area contributed by atoms with Crippen LogP contribution in [0.5, 0.6) is 5.75 Å². The molecule has 0 radical (unpaired) electrons. The summed E-state index contributed by atoms with van der Waals surface area (Å²) < 4.78 is 4.97. The number of carbonyl (C=O) groups excluding carboxylic acids is 1. The van der Waals surface area contributed by atoms with Crippen LogP contribution in [-0.2, 0) is 0 Å². The normalized spacial score (nSPS) is 11.8. The van der Waals surface area contributed by atoms with E-state index in [9.17, 15) is 14.9 Å².